The zero-order chi connectivity index (χ0) is 15.6. The van der Waals surface area contributed by atoms with Gasteiger partial charge in [-0.05, 0) is 19.2 Å². The van der Waals surface area contributed by atoms with E-state index in [1.54, 1.807) is 12.5 Å². The topological polar surface area (TPSA) is 73.0 Å². The van der Waals surface area contributed by atoms with E-state index in [1.807, 2.05) is 6.07 Å². The summed E-state index contributed by atoms with van der Waals surface area (Å²) in [7, 11) is 2.16. The highest BCUT2D eigenvalue weighted by Crippen LogP contribution is 2.30. The van der Waals surface area contributed by atoms with Gasteiger partial charge in [-0.3, -0.25) is 5.10 Å². The summed E-state index contributed by atoms with van der Waals surface area (Å²) in [5, 5.41) is 10.4. The van der Waals surface area contributed by atoms with Gasteiger partial charge in [0.1, 0.15) is 17.4 Å². The first-order chi connectivity index (χ1) is 11.3. The van der Waals surface area contributed by atoms with E-state index in [2.05, 4.69) is 60.5 Å². The van der Waals surface area contributed by atoms with E-state index in [4.69, 9.17) is 0 Å². The van der Waals surface area contributed by atoms with Crippen LogP contribution in [0, 0.1) is 0 Å². The van der Waals surface area contributed by atoms with Gasteiger partial charge >= 0.3 is 0 Å². The molecule has 1 fully saturated rings. The number of para-hydroxylation sites is 2. The van der Waals surface area contributed by atoms with E-state index < -0.39 is 0 Å². The number of nitrogens with one attached hydrogen (secondary N) is 2. The highest BCUT2D eigenvalue weighted by molar-refractivity contribution is 5.88. The molecule has 118 valence electrons. The van der Waals surface area contributed by atoms with Gasteiger partial charge in [0.15, 0.2) is 5.82 Å². The van der Waals surface area contributed by atoms with E-state index in [-0.39, 0.29) is 0 Å². The Morgan fingerprint density at radius 2 is 1.91 bits per heavy atom. The van der Waals surface area contributed by atoms with Crippen LogP contribution < -0.4 is 10.2 Å². The number of aromatic nitrogens is 4. The molecule has 0 radical (unpaired) electrons. The van der Waals surface area contributed by atoms with Crippen LogP contribution in [0.2, 0.25) is 0 Å². The second kappa shape index (κ2) is 5.85. The fourth-order valence-corrected chi connectivity index (χ4v) is 2.89. The molecule has 1 aliphatic heterocycles. The summed E-state index contributed by atoms with van der Waals surface area (Å²) in [5.74, 6) is 0.745. The predicted octanol–water partition coefficient (Wildman–Crippen LogP) is 1.85. The van der Waals surface area contributed by atoms with Gasteiger partial charge in [-0.25, -0.2) is 9.97 Å². The number of aromatic amines is 1. The van der Waals surface area contributed by atoms with Crippen LogP contribution in [-0.4, -0.2) is 58.3 Å². The summed E-state index contributed by atoms with van der Waals surface area (Å²) >= 11 is 0. The average molecular weight is 309 g/mol. The van der Waals surface area contributed by atoms with E-state index in [9.17, 15) is 0 Å². The monoisotopic (exact) mass is 309 g/mol. The van der Waals surface area contributed by atoms with Gasteiger partial charge in [-0.1, -0.05) is 12.1 Å². The molecule has 4 rings (SSSR count). The smallest absolute Gasteiger partial charge is 0.159 e. The summed E-state index contributed by atoms with van der Waals surface area (Å²) < 4.78 is 0. The Hall–Kier alpha value is -2.67. The molecule has 7 heteroatoms. The minimum atomic E-state index is 0.745. The number of anilines is 3. The van der Waals surface area contributed by atoms with Crippen molar-refractivity contribution in [3.8, 4) is 0 Å². The third-order valence-electron chi connectivity index (χ3n) is 4.24. The molecule has 0 aliphatic carbocycles. The number of rotatable bonds is 3. The maximum Gasteiger partial charge on any atom is 0.159 e. The van der Waals surface area contributed by atoms with Gasteiger partial charge in [-0.2, -0.15) is 5.10 Å². The maximum atomic E-state index is 4.35. The number of likely N-dealkylation sites (N-methyl/N-ethyl adjacent to an activating group) is 1. The second-order valence-corrected chi connectivity index (χ2v) is 5.78. The van der Waals surface area contributed by atoms with Gasteiger partial charge in [0.25, 0.3) is 0 Å². The Bertz CT molecular complexity index is 805. The van der Waals surface area contributed by atoms with Crippen LogP contribution in [0.4, 0.5) is 17.2 Å². The quantitative estimate of drug-likeness (QED) is 0.769. The molecule has 7 nitrogen and oxygen atoms in total. The van der Waals surface area contributed by atoms with Gasteiger partial charge in [-0.15, -0.1) is 0 Å². The lowest BCUT2D eigenvalue weighted by Gasteiger charge is -2.35. The number of hydrogen-bond acceptors (Lipinski definition) is 6. The number of benzene rings is 1. The standard InChI is InChI=1S/C16H19N7/c1-22-6-8-23(9-7-22)14-5-3-2-4-12(14)20-16-15-13(10-19-21-15)17-11-18-16/h2-5,10-11H,6-9H2,1H3,(H,19,21)(H,17,18,20). The number of hydrogen-bond donors (Lipinski definition) is 2. The molecule has 2 N–H and O–H groups in total. The lowest BCUT2D eigenvalue weighted by atomic mass is 10.2. The average Bonchev–Trinajstić information content (AvgIpc) is 3.06. The number of H-pyrrole nitrogens is 1. The van der Waals surface area contributed by atoms with Crippen molar-refractivity contribution < 1.29 is 0 Å². The van der Waals surface area contributed by atoms with Crippen LogP contribution in [0.3, 0.4) is 0 Å². The van der Waals surface area contributed by atoms with E-state index in [1.165, 1.54) is 5.69 Å². The normalized spacial score (nSPS) is 16.0. The van der Waals surface area contributed by atoms with Crippen LogP contribution >= 0.6 is 0 Å². The molecule has 1 aliphatic rings. The van der Waals surface area contributed by atoms with Crippen molar-refractivity contribution in [2.45, 2.75) is 0 Å². The summed E-state index contributed by atoms with van der Waals surface area (Å²) in [6.07, 6.45) is 3.26. The highest BCUT2D eigenvalue weighted by Gasteiger charge is 2.17. The third kappa shape index (κ3) is 2.70. The zero-order valence-electron chi connectivity index (χ0n) is 13.0. The lowest BCUT2D eigenvalue weighted by molar-refractivity contribution is 0.313. The van der Waals surface area contributed by atoms with Gasteiger partial charge in [0.2, 0.25) is 0 Å². The van der Waals surface area contributed by atoms with Crippen molar-refractivity contribution in [2.24, 2.45) is 0 Å². The summed E-state index contributed by atoms with van der Waals surface area (Å²) in [6.45, 7) is 4.20. The Kier molecular flexibility index (Phi) is 3.55. The van der Waals surface area contributed by atoms with E-state index >= 15 is 0 Å². The molecule has 0 unspecified atom stereocenters. The van der Waals surface area contributed by atoms with E-state index in [0.29, 0.717) is 0 Å². The second-order valence-electron chi connectivity index (χ2n) is 5.78. The third-order valence-corrected chi connectivity index (χ3v) is 4.24. The van der Waals surface area contributed by atoms with Gasteiger partial charge in [0.05, 0.1) is 17.6 Å². The van der Waals surface area contributed by atoms with Crippen LogP contribution in [0.15, 0.2) is 36.8 Å². The van der Waals surface area contributed by atoms with Crippen LogP contribution in [-0.2, 0) is 0 Å². The molecule has 0 bridgehead atoms. The Balaban J connectivity index is 1.66. The zero-order valence-corrected chi connectivity index (χ0v) is 13.0. The minimum absolute atomic E-state index is 0.745. The molecule has 3 heterocycles. The van der Waals surface area contributed by atoms with Crippen LogP contribution in [0.5, 0.6) is 0 Å². The first-order valence-corrected chi connectivity index (χ1v) is 7.75. The van der Waals surface area contributed by atoms with Gasteiger partial charge < -0.3 is 15.1 Å². The number of piperazine rings is 1. The molecule has 0 saturated carbocycles. The first-order valence-electron chi connectivity index (χ1n) is 7.75. The Morgan fingerprint density at radius 1 is 1.09 bits per heavy atom. The molecular formula is C16H19N7. The van der Waals surface area contributed by atoms with Crippen molar-refractivity contribution in [3.63, 3.8) is 0 Å². The van der Waals surface area contributed by atoms with Crippen molar-refractivity contribution in [2.75, 3.05) is 43.4 Å². The van der Waals surface area contributed by atoms with Crippen molar-refractivity contribution in [1.82, 2.24) is 25.1 Å². The molecule has 2 aromatic heterocycles. The van der Waals surface area contributed by atoms with Gasteiger partial charge in [0, 0.05) is 26.2 Å². The highest BCUT2D eigenvalue weighted by atomic mass is 15.3. The van der Waals surface area contributed by atoms with E-state index in [0.717, 1.165) is 48.7 Å². The van der Waals surface area contributed by atoms with Crippen molar-refractivity contribution in [1.29, 1.82) is 0 Å². The largest absolute Gasteiger partial charge is 0.367 e. The maximum absolute atomic E-state index is 4.35. The molecule has 3 aromatic rings. The molecular weight excluding hydrogens is 290 g/mol. The van der Waals surface area contributed by atoms with Crippen molar-refractivity contribution >= 4 is 28.2 Å². The fourth-order valence-electron chi connectivity index (χ4n) is 2.89. The molecule has 23 heavy (non-hydrogen) atoms. The molecule has 0 spiro atoms. The predicted molar refractivity (Wildman–Crippen MR) is 91.1 cm³/mol. The number of fused-ring (bicyclic) bond motifs is 1. The van der Waals surface area contributed by atoms with Crippen LogP contribution in [0.25, 0.3) is 11.0 Å². The minimum Gasteiger partial charge on any atom is -0.367 e. The fraction of sp³-hybridized carbons (Fsp3) is 0.312. The SMILES string of the molecule is CN1CCN(c2ccccc2Nc2ncnc3cn[nH]c23)CC1. The first kappa shape index (κ1) is 14.0. The van der Waals surface area contributed by atoms with Crippen LogP contribution in [0.1, 0.15) is 0 Å². The Morgan fingerprint density at radius 3 is 2.78 bits per heavy atom. The molecule has 0 amide bonds. The number of nitrogens with zero attached hydrogens (tertiary/aromatic N) is 5. The summed E-state index contributed by atoms with van der Waals surface area (Å²) in [4.78, 5) is 13.3. The molecule has 1 aromatic carbocycles. The lowest BCUT2D eigenvalue weighted by Crippen LogP contribution is -2.44. The summed E-state index contributed by atoms with van der Waals surface area (Å²) in [5.41, 5.74) is 3.87. The molecule has 0 atom stereocenters. The Labute approximate surface area is 134 Å². The summed E-state index contributed by atoms with van der Waals surface area (Å²) in [6, 6.07) is 8.34. The van der Waals surface area contributed by atoms with Crippen molar-refractivity contribution in [3.05, 3.63) is 36.8 Å². The molecule has 1 saturated heterocycles.